The molecule has 0 amide bonds. The molecule has 4 aromatic rings. The van der Waals surface area contributed by atoms with Crippen molar-refractivity contribution in [2.75, 3.05) is 50.6 Å². The summed E-state index contributed by atoms with van der Waals surface area (Å²) in [4.78, 5) is 34.9. The van der Waals surface area contributed by atoms with Crippen LogP contribution < -0.4 is 30.9 Å². The van der Waals surface area contributed by atoms with Crippen LogP contribution in [-0.4, -0.2) is 69.1 Å². The van der Waals surface area contributed by atoms with Crippen molar-refractivity contribution in [2.24, 2.45) is 14.1 Å². The third-order valence-corrected chi connectivity index (χ3v) is 7.84. The molecule has 0 atom stereocenters. The maximum absolute atomic E-state index is 13.3. The smallest absolute Gasteiger partial charge is 0.332 e. The summed E-state index contributed by atoms with van der Waals surface area (Å²) in [5.41, 5.74) is 1.41. The van der Waals surface area contributed by atoms with Gasteiger partial charge in [-0.2, -0.15) is 4.98 Å². The van der Waals surface area contributed by atoms with Gasteiger partial charge in [0.15, 0.2) is 16.3 Å². The average molecular weight is 584 g/mol. The molecule has 0 aliphatic carbocycles. The van der Waals surface area contributed by atoms with Crippen LogP contribution in [-0.2, 0) is 20.6 Å². The highest BCUT2D eigenvalue weighted by atomic mass is 35.5. The van der Waals surface area contributed by atoms with E-state index >= 15 is 0 Å². The lowest BCUT2D eigenvalue weighted by atomic mass is 10.2. The number of aryl methyl sites for hydroxylation is 1. The van der Waals surface area contributed by atoms with Gasteiger partial charge in [0, 0.05) is 51.4 Å². The molecule has 1 fully saturated rings. The van der Waals surface area contributed by atoms with Crippen molar-refractivity contribution >= 4 is 51.7 Å². The van der Waals surface area contributed by atoms with Crippen LogP contribution in [0.5, 0.6) is 11.5 Å². The first kappa shape index (κ1) is 27.5. The number of methoxy groups -OCH3 is 2. The van der Waals surface area contributed by atoms with Gasteiger partial charge >= 0.3 is 5.69 Å². The van der Waals surface area contributed by atoms with Crippen molar-refractivity contribution in [3.8, 4) is 11.5 Å². The predicted molar refractivity (Wildman–Crippen MR) is 160 cm³/mol. The number of hydrogen-bond acceptors (Lipinski definition) is 7. The van der Waals surface area contributed by atoms with Gasteiger partial charge in [-0.3, -0.25) is 18.5 Å². The molecule has 2 aromatic carbocycles. The first-order valence-corrected chi connectivity index (χ1v) is 13.4. The van der Waals surface area contributed by atoms with Crippen LogP contribution in [0.1, 0.15) is 5.56 Å². The molecule has 1 saturated heterocycles. The summed E-state index contributed by atoms with van der Waals surface area (Å²) in [6.45, 7) is 2.75. The topological polar surface area (TPSA) is 98.8 Å². The zero-order chi connectivity index (χ0) is 28.6. The monoisotopic (exact) mass is 583 g/mol. The fourth-order valence-corrected chi connectivity index (χ4v) is 5.33. The maximum atomic E-state index is 13.3. The Bertz CT molecular complexity index is 1710. The van der Waals surface area contributed by atoms with Gasteiger partial charge in [-0.25, -0.2) is 4.79 Å². The quantitative estimate of drug-likeness (QED) is 0.344. The van der Waals surface area contributed by atoms with Crippen LogP contribution in [0, 0.1) is 0 Å². The van der Waals surface area contributed by atoms with Gasteiger partial charge in [-0.15, -0.1) is 0 Å². The Kier molecular flexibility index (Phi) is 7.72. The number of fused-ring (bicyclic) bond motifs is 1. The van der Waals surface area contributed by atoms with E-state index in [2.05, 4.69) is 15.1 Å². The lowest BCUT2D eigenvalue weighted by molar-refractivity contribution is 0.385. The molecule has 1 aliphatic heterocycles. The number of nitrogens with zero attached hydrogens (tertiary/aromatic N) is 6. The molecule has 11 nitrogen and oxygen atoms in total. The molecular formula is C27H30ClN7O4S. The maximum Gasteiger partial charge on any atom is 0.332 e. The standard InChI is InChI=1S/C27H30ClN7O4S/c1-31-23-22(24(36)32(2)27(31)37)35(16-17-7-5-6-8-19(17)28)25(30-23)33-11-13-34(14-12-33)26(40)29-20-15-18(38-3)9-10-21(20)39-4/h5-10,15H,11-14,16H2,1-4H3,(H,29,40). The molecule has 1 aliphatic rings. The largest absolute Gasteiger partial charge is 0.497 e. The summed E-state index contributed by atoms with van der Waals surface area (Å²) < 4.78 is 15.2. The van der Waals surface area contributed by atoms with Gasteiger partial charge in [0.05, 0.1) is 26.5 Å². The first-order chi connectivity index (χ1) is 19.2. The fraction of sp³-hybridized carbons (Fsp3) is 0.333. The predicted octanol–water partition coefficient (Wildman–Crippen LogP) is 2.67. The summed E-state index contributed by atoms with van der Waals surface area (Å²) in [6, 6.07) is 13.0. The second-order valence-corrected chi connectivity index (χ2v) is 10.2. The van der Waals surface area contributed by atoms with Gasteiger partial charge in [-0.1, -0.05) is 29.8 Å². The highest BCUT2D eigenvalue weighted by molar-refractivity contribution is 7.80. The lowest BCUT2D eigenvalue weighted by Crippen LogP contribution is -2.50. The molecule has 0 spiro atoms. The van der Waals surface area contributed by atoms with E-state index in [4.69, 9.17) is 38.3 Å². The van der Waals surface area contributed by atoms with Crippen LogP contribution in [0.4, 0.5) is 11.6 Å². The summed E-state index contributed by atoms with van der Waals surface area (Å²) >= 11 is 12.2. The van der Waals surface area contributed by atoms with Crippen LogP contribution in [0.2, 0.25) is 5.02 Å². The van der Waals surface area contributed by atoms with E-state index in [0.717, 1.165) is 10.1 Å². The number of anilines is 2. The number of nitrogens with one attached hydrogen (secondary N) is 1. The molecule has 210 valence electrons. The minimum absolute atomic E-state index is 0.328. The molecule has 1 N–H and O–H groups in total. The Morgan fingerprint density at radius 2 is 1.75 bits per heavy atom. The average Bonchev–Trinajstić information content (AvgIpc) is 3.35. The summed E-state index contributed by atoms with van der Waals surface area (Å²) in [7, 11) is 6.30. The van der Waals surface area contributed by atoms with Crippen molar-refractivity contribution < 1.29 is 9.47 Å². The molecule has 0 saturated carbocycles. The second kappa shape index (κ2) is 11.2. The first-order valence-electron chi connectivity index (χ1n) is 12.7. The zero-order valence-electron chi connectivity index (χ0n) is 22.7. The van der Waals surface area contributed by atoms with E-state index in [0.29, 0.717) is 77.2 Å². The summed E-state index contributed by atoms with van der Waals surface area (Å²) in [5, 5.41) is 4.43. The van der Waals surface area contributed by atoms with Gasteiger partial charge in [0.1, 0.15) is 11.5 Å². The van der Waals surface area contributed by atoms with E-state index in [1.807, 2.05) is 47.0 Å². The fourth-order valence-electron chi connectivity index (χ4n) is 4.84. The Labute approximate surface area is 241 Å². The SMILES string of the molecule is COc1ccc(OC)c(NC(=S)N2CCN(c3nc4c(c(=O)n(C)c(=O)n4C)n3Cc3ccccc3Cl)CC2)c1. The molecular weight excluding hydrogens is 554 g/mol. The van der Waals surface area contributed by atoms with Crippen molar-refractivity contribution in [2.45, 2.75) is 6.54 Å². The molecule has 13 heteroatoms. The van der Waals surface area contributed by atoms with Gasteiger partial charge in [0.2, 0.25) is 5.95 Å². The number of aromatic nitrogens is 4. The second-order valence-electron chi connectivity index (χ2n) is 9.44. The van der Waals surface area contributed by atoms with E-state index < -0.39 is 11.2 Å². The number of benzene rings is 2. The normalized spacial score (nSPS) is 13.5. The third kappa shape index (κ3) is 5.00. The minimum Gasteiger partial charge on any atom is -0.497 e. The summed E-state index contributed by atoms with van der Waals surface area (Å²) in [5.74, 6) is 1.94. The number of hydrogen-bond donors (Lipinski definition) is 1. The Balaban J connectivity index is 1.44. The molecule has 0 bridgehead atoms. The molecule has 0 unspecified atom stereocenters. The molecule has 5 rings (SSSR count). The Hall–Kier alpha value is -4.03. The van der Waals surface area contributed by atoms with Crippen LogP contribution in [0.15, 0.2) is 52.1 Å². The molecule has 3 heterocycles. The van der Waals surface area contributed by atoms with E-state index in [1.165, 1.54) is 11.6 Å². The lowest BCUT2D eigenvalue weighted by Gasteiger charge is -2.37. The van der Waals surface area contributed by atoms with Gasteiger partial charge < -0.3 is 24.6 Å². The Morgan fingerprint density at radius 3 is 2.42 bits per heavy atom. The number of ether oxygens (including phenoxy) is 2. The Morgan fingerprint density at radius 1 is 1.02 bits per heavy atom. The van der Waals surface area contributed by atoms with Crippen LogP contribution >= 0.6 is 23.8 Å². The van der Waals surface area contributed by atoms with E-state index in [9.17, 15) is 9.59 Å². The number of rotatable bonds is 6. The summed E-state index contributed by atoms with van der Waals surface area (Å²) in [6.07, 6.45) is 0. The highest BCUT2D eigenvalue weighted by Gasteiger charge is 2.27. The number of piperazine rings is 1. The van der Waals surface area contributed by atoms with E-state index in [-0.39, 0.29) is 0 Å². The van der Waals surface area contributed by atoms with Crippen molar-refractivity contribution in [3.05, 3.63) is 73.9 Å². The number of halogens is 1. The van der Waals surface area contributed by atoms with Crippen molar-refractivity contribution in [1.29, 1.82) is 0 Å². The minimum atomic E-state index is -0.430. The van der Waals surface area contributed by atoms with Crippen LogP contribution in [0.25, 0.3) is 11.2 Å². The number of thiocarbonyl (C=S) groups is 1. The van der Waals surface area contributed by atoms with Gasteiger partial charge in [0.25, 0.3) is 5.56 Å². The molecule has 2 aromatic heterocycles. The third-order valence-electron chi connectivity index (χ3n) is 7.11. The van der Waals surface area contributed by atoms with Crippen LogP contribution in [0.3, 0.4) is 0 Å². The van der Waals surface area contributed by atoms with Crippen molar-refractivity contribution in [3.63, 3.8) is 0 Å². The molecule has 0 radical (unpaired) electrons. The molecule has 40 heavy (non-hydrogen) atoms. The highest BCUT2D eigenvalue weighted by Crippen LogP contribution is 2.30. The van der Waals surface area contributed by atoms with Gasteiger partial charge in [-0.05, 0) is 36.0 Å². The van der Waals surface area contributed by atoms with Crippen molar-refractivity contribution in [1.82, 2.24) is 23.6 Å². The zero-order valence-corrected chi connectivity index (χ0v) is 24.3. The van der Waals surface area contributed by atoms with E-state index in [1.54, 1.807) is 21.3 Å². The number of imidazole rings is 1.